The molecule has 0 amide bonds. The number of hydrogen-bond acceptors (Lipinski definition) is 5. The molecule has 0 saturated carbocycles. The summed E-state index contributed by atoms with van der Waals surface area (Å²) in [5.41, 5.74) is 0.785. The Labute approximate surface area is 209 Å². The van der Waals surface area contributed by atoms with E-state index in [1.807, 2.05) is 33.0 Å². The molecule has 0 bridgehead atoms. The molecule has 1 saturated heterocycles. The summed E-state index contributed by atoms with van der Waals surface area (Å²) in [6, 6.07) is 6.08. The molecule has 1 unspecified atom stereocenters. The third-order valence-electron chi connectivity index (χ3n) is 5.90. The zero-order valence-electron chi connectivity index (χ0n) is 19.9. The Morgan fingerprint density at radius 3 is 2.56 bits per heavy atom. The lowest BCUT2D eigenvalue weighted by Crippen LogP contribution is -2.44. The van der Waals surface area contributed by atoms with Gasteiger partial charge >= 0.3 is 0 Å². The van der Waals surface area contributed by atoms with E-state index >= 15 is 0 Å². The standard InChI is InChI=1S/C24H37N5O2.HI/c1-6-25-23(28-16-24(5,30)21-13-18(3)31-19(21)4)27-15-20-7-8-22(26-14-20)29-11-9-17(2)10-12-29;/h7-8,13-14,17,30H,6,9-12,15-16H2,1-5H3,(H2,25,27,28);1H. The van der Waals surface area contributed by atoms with Crippen LogP contribution in [0.5, 0.6) is 0 Å². The van der Waals surface area contributed by atoms with Gasteiger partial charge in [-0.3, -0.25) is 0 Å². The topological polar surface area (TPSA) is 85.9 Å². The summed E-state index contributed by atoms with van der Waals surface area (Å²) >= 11 is 0. The molecule has 0 radical (unpaired) electrons. The number of anilines is 1. The smallest absolute Gasteiger partial charge is 0.191 e. The number of piperidine rings is 1. The van der Waals surface area contributed by atoms with E-state index in [1.165, 1.54) is 12.8 Å². The number of hydrogen-bond donors (Lipinski definition) is 3. The predicted octanol–water partition coefficient (Wildman–Crippen LogP) is 4.11. The van der Waals surface area contributed by atoms with Crippen LogP contribution in [-0.2, 0) is 12.1 Å². The van der Waals surface area contributed by atoms with Crippen LogP contribution in [0, 0.1) is 19.8 Å². The third kappa shape index (κ3) is 7.10. The van der Waals surface area contributed by atoms with Crippen LogP contribution < -0.4 is 15.5 Å². The van der Waals surface area contributed by atoms with E-state index < -0.39 is 5.60 Å². The Kier molecular flexibility index (Phi) is 9.82. The summed E-state index contributed by atoms with van der Waals surface area (Å²) in [5.74, 6) is 4.05. The molecule has 0 spiro atoms. The second kappa shape index (κ2) is 11.9. The number of furan rings is 1. The van der Waals surface area contributed by atoms with Gasteiger partial charge in [-0.05, 0) is 64.2 Å². The molecule has 0 aliphatic carbocycles. The third-order valence-corrected chi connectivity index (χ3v) is 5.90. The number of rotatable bonds is 7. The minimum absolute atomic E-state index is 0. The number of aryl methyl sites for hydroxylation is 2. The highest BCUT2D eigenvalue weighted by molar-refractivity contribution is 14.0. The molecule has 1 aliphatic heterocycles. The van der Waals surface area contributed by atoms with E-state index in [9.17, 15) is 5.11 Å². The average molecular weight is 556 g/mol. The number of aliphatic hydroxyl groups is 1. The highest BCUT2D eigenvalue weighted by atomic mass is 127. The first kappa shape index (κ1) is 26.4. The van der Waals surface area contributed by atoms with Crippen LogP contribution in [0.3, 0.4) is 0 Å². The number of nitrogens with zero attached hydrogens (tertiary/aromatic N) is 3. The van der Waals surface area contributed by atoms with Gasteiger partial charge in [0.05, 0.1) is 13.1 Å². The van der Waals surface area contributed by atoms with Crippen molar-refractivity contribution < 1.29 is 9.52 Å². The number of aromatic nitrogens is 1. The molecule has 178 valence electrons. The number of aliphatic imine (C=N–C) groups is 1. The van der Waals surface area contributed by atoms with Crippen LogP contribution in [0.1, 0.15) is 56.3 Å². The molecule has 2 aromatic heterocycles. The first-order valence-electron chi connectivity index (χ1n) is 11.3. The van der Waals surface area contributed by atoms with Crippen molar-refractivity contribution in [2.75, 3.05) is 31.1 Å². The summed E-state index contributed by atoms with van der Waals surface area (Å²) in [6.07, 6.45) is 4.37. The summed E-state index contributed by atoms with van der Waals surface area (Å²) < 4.78 is 5.58. The molecule has 0 aromatic carbocycles. The van der Waals surface area contributed by atoms with Crippen LogP contribution in [0.25, 0.3) is 0 Å². The van der Waals surface area contributed by atoms with Gasteiger partial charge in [0, 0.05) is 31.4 Å². The maximum Gasteiger partial charge on any atom is 0.191 e. The van der Waals surface area contributed by atoms with Crippen molar-refractivity contribution in [2.45, 2.75) is 59.6 Å². The fraction of sp³-hybridized carbons (Fsp3) is 0.583. The zero-order chi connectivity index (χ0) is 22.4. The molecule has 1 aliphatic rings. The van der Waals surface area contributed by atoms with E-state index in [0.717, 1.165) is 54.0 Å². The zero-order valence-corrected chi connectivity index (χ0v) is 22.3. The lowest BCUT2D eigenvalue weighted by atomic mass is 9.96. The van der Waals surface area contributed by atoms with Crippen LogP contribution in [0.15, 0.2) is 33.8 Å². The van der Waals surface area contributed by atoms with Gasteiger partial charge in [0.1, 0.15) is 22.9 Å². The van der Waals surface area contributed by atoms with Crippen LogP contribution in [-0.4, -0.2) is 42.2 Å². The second-order valence-electron chi connectivity index (χ2n) is 8.84. The van der Waals surface area contributed by atoms with Gasteiger partial charge in [0.25, 0.3) is 0 Å². The number of guanidine groups is 1. The Bertz CT molecular complexity index is 871. The van der Waals surface area contributed by atoms with Gasteiger partial charge in [-0.15, -0.1) is 24.0 Å². The Balaban J connectivity index is 0.00000363. The summed E-state index contributed by atoms with van der Waals surface area (Å²) in [7, 11) is 0. The molecule has 8 heteroatoms. The predicted molar refractivity (Wildman–Crippen MR) is 141 cm³/mol. The molecule has 1 atom stereocenters. The van der Waals surface area contributed by atoms with Gasteiger partial charge < -0.3 is 25.1 Å². The summed E-state index contributed by atoms with van der Waals surface area (Å²) in [4.78, 5) is 11.7. The van der Waals surface area contributed by atoms with Gasteiger partial charge in [0.15, 0.2) is 5.96 Å². The van der Waals surface area contributed by atoms with Crippen molar-refractivity contribution in [1.82, 2.24) is 15.6 Å². The van der Waals surface area contributed by atoms with Gasteiger partial charge in [-0.1, -0.05) is 13.0 Å². The fourth-order valence-electron chi connectivity index (χ4n) is 3.96. The SMILES string of the molecule is CCNC(=NCc1ccc(N2CCC(C)CC2)nc1)NCC(C)(O)c1cc(C)oc1C.I. The maximum absolute atomic E-state index is 10.9. The first-order chi connectivity index (χ1) is 14.8. The van der Waals surface area contributed by atoms with Crippen molar-refractivity contribution >= 4 is 35.8 Å². The van der Waals surface area contributed by atoms with Gasteiger partial charge in [-0.2, -0.15) is 0 Å². The first-order valence-corrected chi connectivity index (χ1v) is 11.3. The van der Waals surface area contributed by atoms with Crippen LogP contribution in [0.4, 0.5) is 5.82 Å². The number of nitrogens with one attached hydrogen (secondary N) is 2. The van der Waals surface area contributed by atoms with E-state index in [4.69, 9.17) is 4.42 Å². The monoisotopic (exact) mass is 555 g/mol. The van der Waals surface area contributed by atoms with E-state index in [-0.39, 0.29) is 24.0 Å². The molecule has 2 aromatic rings. The normalized spacial score (nSPS) is 16.9. The highest BCUT2D eigenvalue weighted by Gasteiger charge is 2.28. The largest absolute Gasteiger partial charge is 0.466 e. The van der Waals surface area contributed by atoms with E-state index in [1.54, 1.807) is 6.92 Å². The van der Waals surface area contributed by atoms with Gasteiger partial charge in [-0.25, -0.2) is 9.98 Å². The van der Waals surface area contributed by atoms with Crippen molar-refractivity contribution in [3.05, 3.63) is 47.0 Å². The Hall–Kier alpha value is -1.81. The van der Waals surface area contributed by atoms with Crippen molar-refractivity contribution in [3.8, 4) is 0 Å². The second-order valence-corrected chi connectivity index (χ2v) is 8.84. The van der Waals surface area contributed by atoms with Crippen LogP contribution in [0.2, 0.25) is 0 Å². The lowest BCUT2D eigenvalue weighted by Gasteiger charge is -2.31. The van der Waals surface area contributed by atoms with E-state index in [0.29, 0.717) is 19.0 Å². The Morgan fingerprint density at radius 1 is 1.28 bits per heavy atom. The minimum Gasteiger partial charge on any atom is -0.466 e. The molecule has 3 rings (SSSR count). The molecule has 3 N–H and O–H groups in total. The summed E-state index contributed by atoms with van der Waals surface area (Å²) in [6.45, 7) is 13.6. The summed E-state index contributed by atoms with van der Waals surface area (Å²) in [5, 5.41) is 17.4. The number of halogens is 1. The maximum atomic E-state index is 10.9. The van der Waals surface area contributed by atoms with Crippen LogP contribution >= 0.6 is 24.0 Å². The molecule has 3 heterocycles. The quantitative estimate of drug-likeness (QED) is 0.271. The van der Waals surface area contributed by atoms with Crippen molar-refractivity contribution in [2.24, 2.45) is 10.9 Å². The molecule has 32 heavy (non-hydrogen) atoms. The molecule has 1 fully saturated rings. The fourth-order valence-corrected chi connectivity index (χ4v) is 3.96. The Morgan fingerprint density at radius 2 is 2.00 bits per heavy atom. The number of pyridine rings is 1. The molecular weight excluding hydrogens is 517 g/mol. The van der Waals surface area contributed by atoms with Crippen molar-refractivity contribution in [3.63, 3.8) is 0 Å². The van der Waals surface area contributed by atoms with Gasteiger partial charge in [0.2, 0.25) is 0 Å². The average Bonchev–Trinajstić information content (AvgIpc) is 3.10. The highest BCUT2D eigenvalue weighted by Crippen LogP contribution is 2.26. The molecule has 7 nitrogen and oxygen atoms in total. The lowest BCUT2D eigenvalue weighted by molar-refractivity contribution is 0.0601. The molecular formula is C24H38IN5O2. The van der Waals surface area contributed by atoms with Crippen molar-refractivity contribution in [1.29, 1.82) is 0 Å². The minimum atomic E-state index is -1.06. The van der Waals surface area contributed by atoms with E-state index in [2.05, 4.69) is 44.6 Å².